The lowest BCUT2D eigenvalue weighted by Crippen LogP contribution is -2.15. The number of amides is 1. The summed E-state index contributed by atoms with van der Waals surface area (Å²) in [4.78, 5) is 12.0. The Kier molecular flexibility index (Phi) is 3.63. The molecule has 0 aliphatic heterocycles. The van der Waals surface area contributed by atoms with Gasteiger partial charge in [-0.3, -0.25) is 9.48 Å². The largest absolute Gasteiger partial charge is 0.416 e. The molecule has 0 fully saturated rings. The van der Waals surface area contributed by atoms with E-state index in [-0.39, 0.29) is 22.6 Å². The van der Waals surface area contributed by atoms with E-state index < -0.39 is 17.6 Å². The van der Waals surface area contributed by atoms with Crippen LogP contribution in [0.1, 0.15) is 21.5 Å². The minimum atomic E-state index is -4.47. The highest BCUT2D eigenvalue weighted by molar-refractivity contribution is 6.07. The smallest absolute Gasteiger partial charge is 0.383 e. The first-order valence-electron chi connectivity index (χ1n) is 5.97. The molecule has 0 unspecified atom stereocenters. The maximum absolute atomic E-state index is 12.8. The first kappa shape index (κ1) is 14.9. The molecule has 0 saturated carbocycles. The molecule has 21 heavy (non-hydrogen) atoms. The van der Waals surface area contributed by atoms with E-state index in [1.54, 1.807) is 7.05 Å². The van der Waals surface area contributed by atoms with Crippen molar-refractivity contribution >= 4 is 17.4 Å². The predicted molar refractivity (Wildman–Crippen MR) is 71.8 cm³/mol. The summed E-state index contributed by atoms with van der Waals surface area (Å²) >= 11 is 0. The lowest BCUT2D eigenvalue weighted by molar-refractivity contribution is -0.138. The van der Waals surface area contributed by atoms with E-state index in [9.17, 15) is 18.0 Å². The molecule has 2 rings (SSSR count). The number of halogens is 3. The number of benzene rings is 1. The lowest BCUT2D eigenvalue weighted by Gasteiger charge is -2.12. The normalized spacial score (nSPS) is 11.5. The van der Waals surface area contributed by atoms with Crippen LogP contribution in [0.4, 0.5) is 24.7 Å². The van der Waals surface area contributed by atoms with Gasteiger partial charge in [-0.2, -0.15) is 18.3 Å². The van der Waals surface area contributed by atoms with Crippen LogP contribution in [0.2, 0.25) is 0 Å². The number of alkyl halides is 3. The standard InChI is InChI=1S/C13H13F3N4O/c1-7-3-4-8(5-10(7)13(14,15)16)19-12(21)9-6-18-20(2)11(9)17/h3-6H,17H2,1-2H3,(H,19,21). The number of anilines is 2. The van der Waals surface area contributed by atoms with Crippen molar-refractivity contribution in [3.8, 4) is 0 Å². The number of hydrogen-bond donors (Lipinski definition) is 2. The molecule has 112 valence electrons. The van der Waals surface area contributed by atoms with E-state index in [2.05, 4.69) is 10.4 Å². The monoisotopic (exact) mass is 298 g/mol. The Hall–Kier alpha value is -2.51. The number of nitrogens with one attached hydrogen (secondary N) is 1. The molecule has 5 nitrogen and oxygen atoms in total. The minimum Gasteiger partial charge on any atom is -0.383 e. The van der Waals surface area contributed by atoms with Crippen molar-refractivity contribution in [2.24, 2.45) is 7.05 Å². The number of hydrogen-bond acceptors (Lipinski definition) is 3. The number of carbonyl (C=O) groups is 1. The average molecular weight is 298 g/mol. The molecular formula is C13H13F3N4O. The van der Waals surface area contributed by atoms with Crippen molar-refractivity contribution in [1.82, 2.24) is 9.78 Å². The van der Waals surface area contributed by atoms with Crippen molar-refractivity contribution < 1.29 is 18.0 Å². The van der Waals surface area contributed by atoms with Gasteiger partial charge in [0.05, 0.1) is 11.8 Å². The van der Waals surface area contributed by atoms with Crippen LogP contribution in [0.25, 0.3) is 0 Å². The Morgan fingerprint density at radius 3 is 2.57 bits per heavy atom. The summed E-state index contributed by atoms with van der Waals surface area (Å²) in [5, 5.41) is 6.18. The second kappa shape index (κ2) is 5.12. The van der Waals surface area contributed by atoms with Gasteiger partial charge in [0.25, 0.3) is 5.91 Å². The van der Waals surface area contributed by atoms with Gasteiger partial charge >= 0.3 is 6.18 Å². The van der Waals surface area contributed by atoms with Crippen molar-refractivity contribution in [3.05, 3.63) is 41.1 Å². The fourth-order valence-corrected chi connectivity index (χ4v) is 1.83. The molecule has 1 heterocycles. The Morgan fingerprint density at radius 2 is 2.05 bits per heavy atom. The first-order chi connectivity index (χ1) is 9.70. The first-order valence-corrected chi connectivity index (χ1v) is 5.97. The number of nitrogens with two attached hydrogens (primary N) is 1. The Morgan fingerprint density at radius 1 is 1.38 bits per heavy atom. The maximum Gasteiger partial charge on any atom is 0.416 e. The topological polar surface area (TPSA) is 72.9 Å². The van der Waals surface area contributed by atoms with Crippen LogP contribution in [0, 0.1) is 6.92 Å². The van der Waals surface area contributed by atoms with Crippen LogP contribution >= 0.6 is 0 Å². The van der Waals surface area contributed by atoms with E-state index in [1.807, 2.05) is 0 Å². The molecule has 0 saturated heterocycles. The summed E-state index contributed by atoms with van der Waals surface area (Å²) in [6, 6.07) is 3.58. The van der Waals surface area contributed by atoms with Gasteiger partial charge in [-0.15, -0.1) is 0 Å². The van der Waals surface area contributed by atoms with Gasteiger partial charge in [0.1, 0.15) is 11.4 Å². The summed E-state index contributed by atoms with van der Waals surface area (Å²) in [5.41, 5.74) is 5.08. The third-order valence-corrected chi connectivity index (χ3v) is 3.03. The predicted octanol–water partition coefficient (Wildman–Crippen LogP) is 2.58. The van der Waals surface area contributed by atoms with E-state index in [0.29, 0.717) is 0 Å². The Bertz CT molecular complexity index is 691. The minimum absolute atomic E-state index is 0.0428. The van der Waals surface area contributed by atoms with Gasteiger partial charge in [-0.1, -0.05) is 6.07 Å². The van der Waals surface area contributed by atoms with E-state index >= 15 is 0 Å². The van der Waals surface area contributed by atoms with Gasteiger partial charge in [0, 0.05) is 12.7 Å². The van der Waals surface area contributed by atoms with Crippen molar-refractivity contribution in [2.75, 3.05) is 11.1 Å². The molecule has 0 bridgehead atoms. The summed E-state index contributed by atoms with van der Waals surface area (Å²) in [5.74, 6) is -0.478. The second-order valence-corrected chi connectivity index (χ2v) is 4.55. The molecule has 0 aliphatic carbocycles. The van der Waals surface area contributed by atoms with Gasteiger partial charge in [-0.05, 0) is 24.6 Å². The fourth-order valence-electron chi connectivity index (χ4n) is 1.83. The fraction of sp³-hybridized carbons (Fsp3) is 0.231. The molecular weight excluding hydrogens is 285 g/mol. The Labute approximate surface area is 118 Å². The highest BCUT2D eigenvalue weighted by atomic mass is 19.4. The number of aromatic nitrogens is 2. The summed E-state index contributed by atoms with van der Waals surface area (Å²) < 4.78 is 39.7. The van der Waals surface area contributed by atoms with E-state index in [1.165, 1.54) is 29.9 Å². The zero-order chi connectivity index (χ0) is 15.8. The number of carbonyl (C=O) groups excluding carboxylic acids is 1. The second-order valence-electron chi connectivity index (χ2n) is 4.55. The molecule has 1 aromatic carbocycles. The van der Waals surface area contributed by atoms with Crippen molar-refractivity contribution in [1.29, 1.82) is 0 Å². The van der Waals surface area contributed by atoms with Crippen molar-refractivity contribution in [2.45, 2.75) is 13.1 Å². The van der Waals surface area contributed by atoms with Crippen molar-refractivity contribution in [3.63, 3.8) is 0 Å². The highest BCUT2D eigenvalue weighted by Crippen LogP contribution is 2.33. The maximum atomic E-state index is 12.8. The zero-order valence-electron chi connectivity index (χ0n) is 11.3. The summed E-state index contributed by atoms with van der Waals surface area (Å²) in [6.07, 6.45) is -3.22. The van der Waals surface area contributed by atoms with Gasteiger partial charge in [0.2, 0.25) is 0 Å². The van der Waals surface area contributed by atoms with Gasteiger partial charge in [0.15, 0.2) is 0 Å². The van der Waals surface area contributed by atoms with Crippen LogP contribution in [0.15, 0.2) is 24.4 Å². The lowest BCUT2D eigenvalue weighted by atomic mass is 10.1. The van der Waals surface area contributed by atoms with E-state index in [0.717, 1.165) is 6.07 Å². The number of rotatable bonds is 2. The number of aryl methyl sites for hydroxylation is 2. The molecule has 0 atom stereocenters. The summed E-state index contributed by atoms with van der Waals surface area (Å²) in [7, 11) is 1.56. The van der Waals surface area contributed by atoms with Crippen LogP contribution in [0.5, 0.6) is 0 Å². The molecule has 8 heteroatoms. The van der Waals surface area contributed by atoms with Gasteiger partial charge < -0.3 is 11.1 Å². The van der Waals surface area contributed by atoms with Crippen LogP contribution < -0.4 is 11.1 Å². The molecule has 1 amide bonds. The SMILES string of the molecule is Cc1ccc(NC(=O)c2cnn(C)c2N)cc1C(F)(F)F. The van der Waals surface area contributed by atoms with Crippen LogP contribution in [0.3, 0.4) is 0 Å². The summed E-state index contributed by atoms with van der Waals surface area (Å²) in [6.45, 7) is 1.35. The molecule has 2 aromatic rings. The molecule has 3 N–H and O–H groups in total. The molecule has 0 aliphatic rings. The third-order valence-electron chi connectivity index (χ3n) is 3.03. The highest BCUT2D eigenvalue weighted by Gasteiger charge is 2.32. The average Bonchev–Trinajstić information content (AvgIpc) is 2.71. The third kappa shape index (κ3) is 2.99. The Balaban J connectivity index is 2.28. The number of nitrogen functional groups attached to an aromatic ring is 1. The van der Waals surface area contributed by atoms with Crippen LogP contribution in [-0.2, 0) is 13.2 Å². The van der Waals surface area contributed by atoms with Gasteiger partial charge in [-0.25, -0.2) is 0 Å². The van der Waals surface area contributed by atoms with E-state index in [4.69, 9.17) is 5.73 Å². The molecule has 0 radical (unpaired) electrons. The zero-order valence-corrected chi connectivity index (χ0v) is 11.3. The quantitative estimate of drug-likeness (QED) is 0.895. The number of nitrogens with zero attached hydrogens (tertiary/aromatic N) is 2. The van der Waals surface area contributed by atoms with Crippen LogP contribution in [-0.4, -0.2) is 15.7 Å². The molecule has 0 spiro atoms. The molecule has 1 aromatic heterocycles.